The number of nitrogens with zero attached hydrogens (tertiary/aromatic N) is 4. The number of anilines is 1. The molecule has 9 nitrogen and oxygen atoms in total. The monoisotopic (exact) mass is 346 g/mol. The van der Waals surface area contributed by atoms with Crippen LogP contribution in [0.5, 0.6) is 0 Å². The number of carboxylic acid groups (broad SMARTS) is 1. The summed E-state index contributed by atoms with van der Waals surface area (Å²) in [7, 11) is 0. The average molecular weight is 346 g/mol. The van der Waals surface area contributed by atoms with E-state index < -0.39 is 6.09 Å². The van der Waals surface area contributed by atoms with Crippen LogP contribution in [-0.4, -0.2) is 42.8 Å². The van der Waals surface area contributed by atoms with Gasteiger partial charge in [-0.15, -0.1) is 0 Å². The summed E-state index contributed by atoms with van der Waals surface area (Å²) in [6.45, 7) is 3.85. The lowest BCUT2D eigenvalue weighted by Crippen LogP contribution is -2.39. The van der Waals surface area contributed by atoms with Gasteiger partial charge < -0.3 is 15.7 Å². The van der Waals surface area contributed by atoms with E-state index in [9.17, 15) is 9.59 Å². The van der Waals surface area contributed by atoms with Gasteiger partial charge in [-0.05, 0) is 39.5 Å². The molecule has 2 aromatic rings. The number of amides is 1. The zero-order chi connectivity index (χ0) is 18.0. The van der Waals surface area contributed by atoms with Crippen LogP contribution in [0.3, 0.4) is 0 Å². The van der Waals surface area contributed by atoms with E-state index in [-0.39, 0.29) is 23.7 Å². The first-order valence-electron chi connectivity index (χ1n) is 8.44. The zero-order valence-corrected chi connectivity index (χ0v) is 14.3. The van der Waals surface area contributed by atoms with Crippen LogP contribution in [0.25, 0.3) is 11.2 Å². The Morgan fingerprint density at radius 3 is 2.52 bits per heavy atom. The number of rotatable bonds is 4. The molecule has 0 atom stereocenters. The first kappa shape index (κ1) is 17.1. The maximum atomic E-state index is 12.1. The van der Waals surface area contributed by atoms with Crippen molar-refractivity contribution in [3.63, 3.8) is 0 Å². The van der Waals surface area contributed by atoms with Gasteiger partial charge in [-0.3, -0.25) is 9.36 Å². The van der Waals surface area contributed by atoms with Gasteiger partial charge in [0.05, 0.1) is 12.4 Å². The van der Waals surface area contributed by atoms with E-state index in [0.717, 1.165) is 25.7 Å². The van der Waals surface area contributed by atoms with Gasteiger partial charge in [-0.2, -0.15) is 4.98 Å². The van der Waals surface area contributed by atoms with Gasteiger partial charge in [0.15, 0.2) is 5.65 Å². The highest BCUT2D eigenvalue weighted by atomic mass is 16.4. The highest BCUT2D eigenvalue weighted by Crippen LogP contribution is 2.22. The molecule has 1 saturated carbocycles. The lowest BCUT2D eigenvalue weighted by Gasteiger charge is -2.28. The second-order valence-corrected chi connectivity index (χ2v) is 6.61. The summed E-state index contributed by atoms with van der Waals surface area (Å²) >= 11 is 0. The molecule has 0 radical (unpaired) electrons. The summed E-state index contributed by atoms with van der Waals surface area (Å²) in [4.78, 5) is 35.6. The molecule has 25 heavy (non-hydrogen) atoms. The Balaban J connectivity index is 1.76. The van der Waals surface area contributed by atoms with E-state index >= 15 is 0 Å². The molecule has 1 aliphatic rings. The smallest absolute Gasteiger partial charge is 0.404 e. The Morgan fingerprint density at radius 1 is 1.20 bits per heavy atom. The van der Waals surface area contributed by atoms with Crippen LogP contribution in [0.15, 0.2) is 17.2 Å². The first-order valence-corrected chi connectivity index (χ1v) is 8.44. The van der Waals surface area contributed by atoms with E-state index in [0.29, 0.717) is 17.1 Å². The van der Waals surface area contributed by atoms with Crippen molar-refractivity contribution >= 4 is 23.2 Å². The van der Waals surface area contributed by atoms with Crippen LogP contribution < -0.4 is 16.2 Å². The van der Waals surface area contributed by atoms with Gasteiger partial charge in [-0.1, -0.05) is 0 Å². The van der Waals surface area contributed by atoms with Crippen LogP contribution in [-0.2, 0) is 0 Å². The van der Waals surface area contributed by atoms with Gasteiger partial charge in [-0.25, -0.2) is 14.8 Å². The van der Waals surface area contributed by atoms with E-state index in [1.165, 1.54) is 6.20 Å². The molecule has 1 amide bonds. The van der Waals surface area contributed by atoms with Gasteiger partial charge in [0.2, 0.25) is 5.95 Å². The van der Waals surface area contributed by atoms with Crippen molar-refractivity contribution in [1.82, 2.24) is 24.8 Å². The van der Waals surface area contributed by atoms with Gasteiger partial charge >= 0.3 is 6.09 Å². The topological polar surface area (TPSA) is 122 Å². The number of nitrogens with one attached hydrogen (secondary N) is 2. The fourth-order valence-corrected chi connectivity index (χ4v) is 3.23. The molecule has 2 aromatic heterocycles. The minimum absolute atomic E-state index is 0.00314. The quantitative estimate of drug-likeness (QED) is 0.771. The van der Waals surface area contributed by atoms with Crippen molar-refractivity contribution in [1.29, 1.82) is 0 Å². The molecular formula is C16H22N6O3. The molecule has 9 heteroatoms. The number of hydrogen-bond acceptors (Lipinski definition) is 6. The van der Waals surface area contributed by atoms with Crippen molar-refractivity contribution in [3.05, 3.63) is 22.7 Å². The minimum Gasteiger partial charge on any atom is -0.465 e. The zero-order valence-electron chi connectivity index (χ0n) is 14.3. The van der Waals surface area contributed by atoms with Crippen LogP contribution in [0, 0.1) is 0 Å². The second kappa shape index (κ2) is 7.04. The lowest BCUT2D eigenvalue weighted by atomic mass is 9.91. The van der Waals surface area contributed by atoms with Crippen LogP contribution >= 0.6 is 0 Å². The maximum Gasteiger partial charge on any atom is 0.404 e. The molecule has 2 heterocycles. The largest absolute Gasteiger partial charge is 0.465 e. The Morgan fingerprint density at radius 2 is 1.88 bits per heavy atom. The lowest BCUT2D eigenvalue weighted by molar-refractivity contribution is 0.185. The normalized spacial score (nSPS) is 20.6. The summed E-state index contributed by atoms with van der Waals surface area (Å²) < 4.78 is 1.60. The molecule has 1 aliphatic carbocycles. The molecule has 3 rings (SSSR count). The Hall–Kier alpha value is -2.71. The molecule has 0 aromatic carbocycles. The third-order valence-corrected chi connectivity index (χ3v) is 4.43. The number of carbonyl (C=O) groups is 1. The minimum atomic E-state index is -0.978. The fourth-order valence-electron chi connectivity index (χ4n) is 3.23. The summed E-state index contributed by atoms with van der Waals surface area (Å²) in [5, 5.41) is 14.6. The molecule has 0 unspecified atom stereocenters. The SMILES string of the molecule is CC(C)n1c(=O)cnc2cnc(NC3CCC(NC(=O)O)CC3)nc21. The molecule has 3 N–H and O–H groups in total. The van der Waals surface area contributed by atoms with E-state index in [4.69, 9.17) is 5.11 Å². The summed E-state index contributed by atoms with van der Waals surface area (Å²) in [6.07, 6.45) is 5.13. The van der Waals surface area contributed by atoms with Gasteiger partial charge in [0.25, 0.3) is 5.56 Å². The van der Waals surface area contributed by atoms with E-state index in [1.54, 1.807) is 10.8 Å². The molecule has 134 valence electrons. The number of aromatic nitrogens is 4. The standard InChI is InChI=1S/C16H22N6O3/c1-9(2)22-13(23)8-17-12-7-18-15(21-14(12)22)19-10-3-5-11(6-4-10)20-16(24)25/h7-11,20H,3-6H2,1-2H3,(H,24,25)(H,18,19,21). The third-order valence-electron chi connectivity index (χ3n) is 4.43. The predicted molar refractivity (Wildman–Crippen MR) is 92.8 cm³/mol. The van der Waals surface area contributed by atoms with Crippen LogP contribution in [0.1, 0.15) is 45.6 Å². The van der Waals surface area contributed by atoms with Gasteiger partial charge in [0.1, 0.15) is 5.52 Å². The molecular weight excluding hydrogens is 324 g/mol. The Bertz CT molecular complexity index is 826. The molecule has 0 bridgehead atoms. The fraction of sp³-hybridized carbons (Fsp3) is 0.562. The van der Waals surface area contributed by atoms with Crippen molar-refractivity contribution < 1.29 is 9.90 Å². The maximum absolute atomic E-state index is 12.1. The molecule has 0 aliphatic heterocycles. The van der Waals surface area contributed by atoms with Crippen molar-refractivity contribution in [2.75, 3.05) is 5.32 Å². The number of hydrogen-bond donors (Lipinski definition) is 3. The first-order chi connectivity index (χ1) is 11.9. The summed E-state index contributed by atoms with van der Waals surface area (Å²) in [5.74, 6) is 0.462. The highest BCUT2D eigenvalue weighted by molar-refractivity contribution is 5.70. The van der Waals surface area contributed by atoms with E-state index in [1.807, 2.05) is 13.8 Å². The second-order valence-electron chi connectivity index (χ2n) is 6.61. The molecule has 0 spiro atoms. The van der Waals surface area contributed by atoms with E-state index in [2.05, 4.69) is 25.6 Å². The molecule has 1 fully saturated rings. The molecule has 0 saturated heterocycles. The third kappa shape index (κ3) is 3.86. The summed E-state index contributed by atoms with van der Waals surface area (Å²) in [5.41, 5.74) is 0.904. The van der Waals surface area contributed by atoms with Crippen molar-refractivity contribution in [3.8, 4) is 0 Å². The average Bonchev–Trinajstić information content (AvgIpc) is 2.55. The summed E-state index contributed by atoms with van der Waals surface area (Å²) in [6, 6.07) is 0.155. The van der Waals surface area contributed by atoms with Crippen LogP contribution in [0.2, 0.25) is 0 Å². The highest BCUT2D eigenvalue weighted by Gasteiger charge is 2.23. The predicted octanol–water partition coefficient (Wildman–Crippen LogP) is 1.76. The Kier molecular flexibility index (Phi) is 4.82. The Labute approximate surface area is 144 Å². The van der Waals surface area contributed by atoms with Crippen molar-refractivity contribution in [2.45, 2.75) is 57.7 Å². The van der Waals surface area contributed by atoms with Gasteiger partial charge in [0, 0.05) is 18.1 Å². The van der Waals surface area contributed by atoms with Crippen molar-refractivity contribution in [2.24, 2.45) is 0 Å². The van der Waals surface area contributed by atoms with Crippen LogP contribution in [0.4, 0.5) is 10.7 Å². The number of fused-ring (bicyclic) bond motifs is 1.